The molecule has 2 rings (SSSR count). The van der Waals surface area contributed by atoms with Crippen LogP contribution in [0.2, 0.25) is 5.02 Å². The van der Waals surface area contributed by atoms with E-state index in [1.807, 2.05) is 0 Å². The van der Waals surface area contributed by atoms with E-state index in [1.165, 1.54) is 6.92 Å². The zero-order valence-corrected chi connectivity index (χ0v) is 9.31. The number of alkyl halides is 2. The second-order valence-electron chi connectivity index (χ2n) is 4.03. The summed E-state index contributed by atoms with van der Waals surface area (Å²) in [6.45, 7) is 1.32. The van der Waals surface area contributed by atoms with Crippen LogP contribution in [-0.4, -0.2) is 12.3 Å². The van der Waals surface area contributed by atoms with Crippen molar-refractivity contribution in [2.75, 3.05) is 0 Å². The Hall–Kier alpha value is -1.16. The predicted molar refractivity (Wildman–Crippen MR) is 56.7 cm³/mol. The minimum Gasteiger partial charge on any atom is -0.341 e. The number of nitrogens with one attached hydrogen (secondary N) is 1. The lowest BCUT2D eigenvalue weighted by Gasteiger charge is -2.36. The Labute approximate surface area is 96.6 Å². The van der Waals surface area contributed by atoms with Gasteiger partial charge in [-0.25, -0.2) is 8.78 Å². The first-order chi connectivity index (χ1) is 7.43. The zero-order chi connectivity index (χ0) is 11.9. The third-order valence-corrected chi connectivity index (χ3v) is 3.05. The van der Waals surface area contributed by atoms with Gasteiger partial charge in [0.2, 0.25) is 5.91 Å². The summed E-state index contributed by atoms with van der Waals surface area (Å²) in [5.74, 6) is -0.405. The summed E-state index contributed by atoms with van der Waals surface area (Å²) in [5.41, 5.74) is -0.611. The van der Waals surface area contributed by atoms with Gasteiger partial charge >= 0.3 is 0 Å². The van der Waals surface area contributed by atoms with E-state index >= 15 is 0 Å². The number of amides is 1. The quantitative estimate of drug-likeness (QED) is 0.809. The van der Waals surface area contributed by atoms with Crippen molar-refractivity contribution in [3.63, 3.8) is 0 Å². The lowest BCUT2D eigenvalue weighted by atomic mass is 9.84. The highest BCUT2D eigenvalue weighted by molar-refractivity contribution is 6.30. The summed E-state index contributed by atoms with van der Waals surface area (Å²) < 4.78 is 26.0. The van der Waals surface area contributed by atoms with Crippen molar-refractivity contribution in [3.8, 4) is 0 Å². The van der Waals surface area contributed by atoms with E-state index in [9.17, 15) is 13.6 Å². The molecule has 16 heavy (non-hydrogen) atoms. The lowest BCUT2D eigenvalue weighted by molar-refractivity contribution is -0.125. The summed E-state index contributed by atoms with van der Waals surface area (Å²) in [7, 11) is 0. The van der Waals surface area contributed by atoms with Crippen molar-refractivity contribution in [1.82, 2.24) is 5.32 Å². The maximum absolute atomic E-state index is 13.0. The molecule has 1 aliphatic heterocycles. The van der Waals surface area contributed by atoms with E-state index in [0.717, 1.165) is 0 Å². The molecule has 0 spiro atoms. The van der Waals surface area contributed by atoms with Crippen molar-refractivity contribution in [2.45, 2.75) is 25.3 Å². The number of halogens is 3. The fourth-order valence-corrected chi connectivity index (χ4v) is 2.16. The van der Waals surface area contributed by atoms with E-state index in [-0.39, 0.29) is 6.42 Å². The molecule has 86 valence electrons. The van der Waals surface area contributed by atoms with Crippen LogP contribution in [0.3, 0.4) is 0 Å². The van der Waals surface area contributed by atoms with Gasteiger partial charge in [0, 0.05) is 5.02 Å². The van der Waals surface area contributed by atoms with Gasteiger partial charge < -0.3 is 5.32 Å². The summed E-state index contributed by atoms with van der Waals surface area (Å²) in [4.78, 5) is 11.4. The zero-order valence-electron chi connectivity index (χ0n) is 8.56. The highest BCUT2D eigenvalue weighted by atomic mass is 35.5. The van der Waals surface area contributed by atoms with Crippen LogP contribution in [0.4, 0.5) is 8.78 Å². The number of hydrogen-bond acceptors (Lipinski definition) is 1. The van der Waals surface area contributed by atoms with Crippen molar-refractivity contribution >= 4 is 17.5 Å². The molecule has 1 N–H and O–H groups in total. The number of hydrogen-bond donors (Lipinski definition) is 1. The van der Waals surface area contributed by atoms with Gasteiger partial charge in [0.25, 0.3) is 6.43 Å². The molecule has 1 heterocycles. The molecule has 1 aliphatic rings. The molecule has 0 saturated heterocycles. The van der Waals surface area contributed by atoms with Crippen molar-refractivity contribution in [3.05, 3.63) is 34.3 Å². The standard InChI is InChI=1S/C11H10ClF2NO/c1-11(10(13)14)8-3-2-7(12)4-6(8)5-9(16)15-11/h2-4,10H,5H2,1H3,(H,15,16). The topological polar surface area (TPSA) is 29.1 Å². The van der Waals surface area contributed by atoms with Crippen LogP contribution >= 0.6 is 11.6 Å². The highest BCUT2D eigenvalue weighted by Crippen LogP contribution is 2.35. The average Bonchev–Trinajstić information content (AvgIpc) is 2.15. The van der Waals surface area contributed by atoms with Gasteiger partial charge in [-0.2, -0.15) is 0 Å². The van der Waals surface area contributed by atoms with Crippen LogP contribution in [0.15, 0.2) is 18.2 Å². The second-order valence-corrected chi connectivity index (χ2v) is 4.47. The molecule has 1 aromatic rings. The van der Waals surface area contributed by atoms with Crippen molar-refractivity contribution in [2.24, 2.45) is 0 Å². The normalized spacial score (nSPS) is 24.2. The van der Waals surface area contributed by atoms with Gasteiger partial charge in [0.05, 0.1) is 6.42 Å². The molecule has 5 heteroatoms. The molecule has 0 radical (unpaired) electrons. The average molecular weight is 246 g/mol. The number of fused-ring (bicyclic) bond motifs is 1. The van der Waals surface area contributed by atoms with Crippen molar-refractivity contribution in [1.29, 1.82) is 0 Å². The monoisotopic (exact) mass is 245 g/mol. The fourth-order valence-electron chi connectivity index (χ4n) is 1.96. The van der Waals surface area contributed by atoms with E-state index < -0.39 is 17.9 Å². The van der Waals surface area contributed by atoms with E-state index in [1.54, 1.807) is 18.2 Å². The van der Waals surface area contributed by atoms with E-state index in [4.69, 9.17) is 11.6 Å². The van der Waals surface area contributed by atoms with E-state index in [2.05, 4.69) is 5.32 Å². The van der Waals surface area contributed by atoms with Gasteiger partial charge in [-0.1, -0.05) is 17.7 Å². The highest BCUT2D eigenvalue weighted by Gasteiger charge is 2.42. The molecule has 1 amide bonds. The maximum atomic E-state index is 13.0. The number of rotatable bonds is 1. The van der Waals surface area contributed by atoms with Crippen molar-refractivity contribution < 1.29 is 13.6 Å². The fraction of sp³-hybridized carbons (Fsp3) is 0.364. The van der Waals surface area contributed by atoms with Crippen LogP contribution in [0, 0.1) is 0 Å². The van der Waals surface area contributed by atoms with Gasteiger partial charge in [-0.05, 0) is 30.2 Å². The van der Waals surface area contributed by atoms with Crippen LogP contribution in [0.5, 0.6) is 0 Å². The smallest absolute Gasteiger partial charge is 0.265 e. The minimum absolute atomic E-state index is 0.0954. The Balaban J connectivity index is 2.58. The Kier molecular flexibility index (Phi) is 2.62. The van der Waals surface area contributed by atoms with E-state index in [0.29, 0.717) is 16.1 Å². The van der Waals surface area contributed by atoms with Gasteiger partial charge in [-0.15, -0.1) is 0 Å². The van der Waals surface area contributed by atoms with Gasteiger partial charge in [0.15, 0.2) is 0 Å². The number of benzene rings is 1. The first-order valence-electron chi connectivity index (χ1n) is 4.81. The number of carbonyl (C=O) groups is 1. The molecule has 0 fully saturated rings. The molecule has 0 aromatic heterocycles. The van der Waals surface area contributed by atoms with Gasteiger partial charge in [0.1, 0.15) is 5.54 Å². The summed E-state index contributed by atoms with van der Waals surface area (Å²) >= 11 is 5.78. The molecule has 0 aliphatic carbocycles. The summed E-state index contributed by atoms with van der Waals surface area (Å²) in [6, 6.07) is 4.66. The molecule has 0 saturated carbocycles. The van der Waals surface area contributed by atoms with Crippen LogP contribution < -0.4 is 5.32 Å². The second kappa shape index (κ2) is 3.70. The molecule has 0 bridgehead atoms. The molecule has 1 atom stereocenters. The molecule has 1 aromatic carbocycles. The van der Waals surface area contributed by atoms with Crippen LogP contribution in [0.1, 0.15) is 18.1 Å². The molecular weight excluding hydrogens is 236 g/mol. The third-order valence-electron chi connectivity index (χ3n) is 2.81. The van der Waals surface area contributed by atoms with Crippen LogP contribution in [0.25, 0.3) is 0 Å². The van der Waals surface area contributed by atoms with Gasteiger partial charge in [-0.3, -0.25) is 4.79 Å². The largest absolute Gasteiger partial charge is 0.341 e. The third kappa shape index (κ3) is 1.67. The maximum Gasteiger partial charge on any atom is 0.265 e. The Bertz CT molecular complexity index is 450. The molecular formula is C11H10ClF2NO. The first-order valence-corrected chi connectivity index (χ1v) is 5.19. The summed E-state index contributed by atoms with van der Waals surface area (Å²) in [5, 5.41) is 2.78. The Morgan fingerprint density at radius 1 is 1.50 bits per heavy atom. The molecule has 2 nitrogen and oxygen atoms in total. The number of carbonyl (C=O) groups excluding carboxylic acids is 1. The lowest BCUT2D eigenvalue weighted by Crippen LogP contribution is -2.53. The Morgan fingerprint density at radius 3 is 2.81 bits per heavy atom. The molecule has 1 unspecified atom stereocenters. The first kappa shape index (κ1) is 11.3. The minimum atomic E-state index is -2.66. The summed E-state index contributed by atoms with van der Waals surface area (Å²) in [6.07, 6.45) is -2.56. The predicted octanol–water partition coefficient (Wildman–Crippen LogP) is 2.49. The Morgan fingerprint density at radius 2 is 2.19 bits per heavy atom. The SMILES string of the molecule is CC1(C(F)F)NC(=O)Cc2cc(Cl)ccc21. The van der Waals surface area contributed by atoms with Crippen LogP contribution in [-0.2, 0) is 16.8 Å².